The maximum absolute atomic E-state index is 13.0. The Morgan fingerprint density at radius 2 is 1.84 bits per heavy atom. The number of rotatable bonds is 5. The van der Waals surface area contributed by atoms with E-state index in [1.807, 2.05) is 76.2 Å². The van der Waals surface area contributed by atoms with E-state index in [-0.39, 0.29) is 5.56 Å². The second-order valence-electron chi connectivity index (χ2n) is 8.95. The van der Waals surface area contributed by atoms with Gasteiger partial charge in [0, 0.05) is 18.0 Å². The van der Waals surface area contributed by atoms with Gasteiger partial charge in [-0.05, 0) is 82.3 Å². The van der Waals surface area contributed by atoms with Gasteiger partial charge in [0.1, 0.15) is 5.60 Å². The minimum Gasteiger partial charge on any atom is -0.442 e. The molecule has 31 heavy (non-hydrogen) atoms. The molecule has 1 amide bonds. The third kappa shape index (κ3) is 4.58. The summed E-state index contributed by atoms with van der Waals surface area (Å²) >= 11 is 0. The number of para-hydroxylation sites is 1. The van der Waals surface area contributed by atoms with Crippen molar-refractivity contribution in [3.63, 3.8) is 0 Å². The van der Waals surface area contributed by atoms with Crippen LogP contribution in [0.15, 0.2) is 59.4 Å². The fraction of sp³-hybridized carbons (Fsp3) is 0.360. The van der Waals surface area contributed by atoms with Crippen LogP contribution in [0.25, 0.3) is 10.9 Å². The number of hydrazine groups is 1. The number of pyridine rings is 1. The van der Waals surface area contributed by atoms with Crippen LogP contribution in [0.1, 0.15) is 52.0 Å². The molecule has 1 heterocycles. The zero-order valence-corrected chi connectivity index (χ0v) is 18.5. The quantitative estimate of drug-likeness (QED) is 0.542. The molecule has 6 heteroatoms. The number of hydrogen-bond donors (Lipinski definition) is 1. The van der Waals surface area contributed by atoms with Crippen molar-refractivity contribution in [2.75, 3.05) is 10.4 Å². The summed E-state index contributed by atoms with van der Waals surface area (Å²) in [4.78, 5) is 25.5. The van der Waals surface area contributed by atoms with Gasteiger partial charge < -0.3 is 9.30 Å². The van der Waals surface area contributed by atoms with Crippen LogP contribution in [0.5, 0.6) is 0 Å². The molecule has 1 aliphatic carbocycles. The molecule has 3 aromatic rings. The number of amides is 1. The van der Waals surface area contributed by atoms with Crippen LogP contribution >= 0.6 is 0 Å². The highest BCUT2D eigenvalue weighted by molar-refractivity contribution is 5.92. The van der Waals surface area contributed by atoms with E-state index in [1.165, 1.54) is 5.01 Å². The summed E-state index contributed by atoms with van der Waals surface area (Å²) in [6.45, 7) is 8.12. The zero-order chi connectivity index (χ0) is 22.2. The first kappa shape index (κ1) is 21.0. The molecule has 0 unspecified atom stereocenters. The predicted octanol–water partition coefficient (Wildman–Crippen LogP) is 5.67. The Balaban J connectivity index is 1.75. The molecule has 1 aliphatic rings. The number of aromatic nitrogens is 1. The second kappa shape index (κ2) is 8.10. The molecule has 0 radical (unpaired) electrons. The van der Waals surface area contributed by atoms with E-state index in [4.69, 9.17) is 4.74 Å². The summed E-state index contributed by atoms with van der Waals surface area (Å²) in [6, 6.07) is 17.0. The number of nitrogens with zero attached hydrogens (tertiary/aromatic N) is 2. The lowest BCUT2D eigenvalue weighted by molar-refractivity contribution is 0.0589. The van der Waals surface area contributed by atoms with E-state index < -0.39 is 11.7 Å². The summed E-state index contributed by atoms with van der Waals surface area (Å²) < 4.78 is 7.40. The molecule has 0 bridgehead atoms. The van der Waals surface area contributed by atoms with Gasteiger partial charge in [-0.3, -0.25) is 10.2 Å². The van der Waals surface area contributed by atoms with Gasteiger partial charge in [0.2, 0.25) is 0 Å². The molecule has 0 aliphatic heterocycles. The fourth-order valence-corrected chi connectivity index (χ4v) is 3.77. The van der Waals surface area contributed by atoms with E-state index in [2.05, 4.69) is 5.43 Å². The lowest BCUT2D eigenvalue weighted by Gasteiger charge is -2.28. The van der Waals surface area contributed by atoms with Crippen LogP contribution in [0.2, 0.25) is 0 Å². The summed E-state index contributed by atoms with van der Waals surface area (Å²) in [7, 11) is 0. The van der Waals surface area contributed by atoms with E-state index in [9.17, 15) is 9.59 Å². The number of hydrogen-bond acceptors (Lipinski definition) is 4. The number of fused-ring (bicyclic) bond motifs is 1. The third-order valence-electron chi connectivity index (χ3n) is 5.31. The number of carbonyl (C=O) groups excluding carboxylic acids is 1. The van der Waals surface area contributed by atoms with Crippen LogP contribution in [0.4, 0.5) is 16.2 Å². The first-order chi connectivity index (χ1) is 14.8. The summed E-state index contributed by atoms with van der Waals surface area (Å²) in [5.74, 6) is 0.438. The lowest BCUT2D eigenvalue weighted by atomic mass is 10.0. The van der Waals surface area contributed by atoms with Crippen molar-refractivity contribution in [3.05, 3.63) is 70.5 Å². The number of nitrogens with one attached hydrogen (secondary N) is 1. The van der Waals surface area contributed by atoms with Crippen molar-refractivity contribution >= 4 is 28.4 Å². The standard InChI is InChI=1S/C25H29N3O3/c1-5-27-22-14-13-18(15-21(22)20(16-23(27)29)17-11-12-17)26-28(19-9-7-6-8-10-19)24(30)31-25(2,3)4/h6-10,13-17,26H,5,11-12H2,1-4H3. The Morgan fingerprint density at radius 1 is 1.13 bits per heavy atom. The van der Waals surface area contributed by atoms with Gasteiger partial charge in [0.05, 0.1) is 16.9 Å². The van der Waals surface area contributed by atoms with Gasteiger partial charge in [-0.15, -0.1) is 0 Å². The number of ether oxygens (including phenoxy) is 1. The Bertz CT molecular complexity index is 1160. The average Bonchev–Trinajstić information content (AvgIpc) is 3.56. The van der Waals surface area contributed by atoms with Crippen molar-refractivity contribution < 1.29 is 9.53 Å². The normalized spacial score (nSPS) is 13.8. The lowest BCUT2D eigenvalue weighted by Crippen LogP contribution is -2.40. The maximum atomic E-state index is 13.0. The minimum atomic E-state index is -0.620. The summed E-state index contributed by atoms with van der Waals surface area (Å²) in [6.07, 6.45) is 1.73. The summed E-state index contributed by atoms with van der Waals surface area (Å²) in [5, 5.41) is 2.46. The van der Waals surface area contributed by atoms with Crippen LogP contribution in [0, 0.1) is 0 Å². The molecule has 1 aromatic heterocycles. The number of carbonyl (C=O) groups is 1. The second-order valence-corrected chi connectivity index (χ2v) is 8.95. The highest BCUT2D eigenvalue weighted by Gasteiger charge is 2.27. The van der Waals surface area contributed by atoms with Crippen LogP contribution < -0.4 is 16.0 Å². The third-order valence-corrected chi connectivity index (χ3v) is 5.31. The molecular weight excluding hydrogens is 390 g/mol. The molecule has 0 atom stereocenters. The average molecular weight is 420 g/mol. The molecule has 1 N–H and O–H groups in total. The predicted molar refractivity (Wildman–Crippen MR) is 125 cm³/mol. The number of aryl methyl sites for hydroxylation is 1. The van der Waals surface area contributed by atoms with E-state index in [0.29, 0.717) is 18.2 Å². The zero-order valence-electron chi connectivity index (χ0n) is 18.5. The van der Waals surface area contributed by atoms with Gasteiger partial charge in [0.25, 0.3) is 5.56 Å². The van der Waals surface area contributed by atoms with Crippen molar-refractivity contribution in [1.82, 2.24) is 4.57 Å². The molecular formula is C25H29N3O3. The molecule has 2 aromatic carbocycles. The van der Waals surface area contributed by atoms with Gasteiger partial charge in [-0.25, -0.2) is 4.79 Å². The van der Waals surface area contributed by atoms with E-state index in [1.54, 1.807) is 10.6 Å². The molecule has 1 fully saturated rings. The van der Waals surface area contributed by atoms with E-state index >= 15 is 0 Å². The van der Waals surface area contributed by atoms with Crippen molar-refractivity contribution in [3.8, 4) is 0 Å². The smallest absolute Gasteiger partial charge is 0.433 e. The highest BCUT2D eigenvalue weighted by Crippen LogP contribution is 2.43. The van der Waals surface area contributed by atoms with Crippen LogP contribution in [0.3, 0.4) is 0 Å². The van der Waals surface area contributed by atoms with Crippen LogP contribution in [-0.2, 0) is 11.3 Å². The molecule has 0 saturated heterocycles. The molecule has 6 nitrogen and oxygen atoms in total. The number of benzene rings is 2. The highest BCUT2D eigenvalue weighted by atomic mass is 16.6. The van der Waals surface area contributed by atoms with Crippen molar-refractivity contribution in [1.29, 1.82) is 0 Å². The first-order valence-electron chi connectivity index (χ1n) is 10.8. The SMILES string of the molecule is CCn1c(=O)cc(C2CC2)c2cc(NN(C(=O)OC(C)(C)C)c3ccccc3)ccc21. The Labute approximate surface area is 182 Å². The van der Waals surface area contributed by atoms with E-state index in [0.717, 1.165) is 35.0 Å². The molecule has 0 spiro atoms. The van der Waals surface area contributed by atoms with Gasteiger partial charge in [-0.1, -0.05) is 18.2 Å². The maximum Gasteiger partial charge on any atom is 0.433 e. The van der Waals surface area contributed by atoms with Crippen LogP contribution in [-0.4, -0.2) is 16.3 Å². The van der Waals surface area contributed by atoms with Gasteiger partial charge >= 0.3 is 6.09 Å². The largest absolute Gasteiger partial charge is 0.442 e. The fourth-order valence-electron chi connectivity index (χ4n) is 3.77. The Morgan fingerprint density at radius 3 is 2.45 bits per heavy atom. The number of anilines is 2. The Hall–Kier alpha value is -3.28. The summed E-state index contributed by atoms with van der Waals surface area (Å²) in [5.41, 5.74) is 6.09. The van der Waals surface area contributed by atoms with Crippen molar-refractivity contribution in [2.24, 2.45) is 0 Å². The first-order valence-corrected chi connectivity index (χ1v) is 10.8. The topological polar surface area (TPSA) is 63.6 Å². The molecule has 4 rings (SSSR count). The monoisotopic (exact) mass is 419 g/mol. The van der Waals surface area contributed by atoms with Crippen molar-refractivity contribution in [2.45, 2.75) is 58.6 Å². The van der Waals surface area contributed by atoms with Gasteiger partial charge in [0.15, 0.2) is 0 Å². The molecule has 1 saturated carbocycles. The van der Waals surface area contributed by atoms with Gasteiger partial charge in [-0.2, -0.15) is 5.01 Å². The molecule has 162 valence electrons. The minimum absolute atomic E-state index is 0.0391. The Kier molecular flexibility index (Phi) is 5.48.